The summed E-state index contributed by atoms with van der Waals surface area (Å²) in [6.45, 7) is 3.37. The molecule has 0 saturated heterocycles. The second-order valence-corrected chi connectivity index (χ2v) is 7.32. The smallest absolute Gasteiger partial charge is 0.251 e. The van der Waals surface area contributed by atoms with E-state index in [1.807, 2.05) is 23.0 Å². The molecule has 1 aromatic carbocycles. The van der Waals surface area contributed by atoms with Crippen molar-refractivity contribution in [1.82, 2.24) is 35.7 Å². The van der Waals surface area contributed by atoms with Crippen molar-refractivity contribution in [2.24, 2.45) is 0 Å². The SMILES string of the molecule is CC1(c2cn(CCNC(=O)c3ccc(-c4cn[nH]n4)cc3)nn2)CCCC1. The molecule has 27 heavy (non-hydrogen) atoms. The first kappa shape index (κ1) is 17.4. The zero-order valence-corrected chi connectivity index (χ0v) is 15.4. The maximum Gasteiger partial charge on any atom is 0.251 e. The van der Waals surface area contributed by atoms with Gasteiger partial charge in [-0.2, -0.15) is 15.4 Å². The van der Waals surface area contributed by atoms with Crippen LogP contribution in [0.1, 0.15) is 48.7 Å². The van der Waals surface area contributed by atoms with Crippen LogP contribution in [0.25, 0.3) is 11.3 Å². The standard InChI is InChI=1S/C19H23N7O/c1-19(8-2-3-9-19)17-13-26(25-23-17)11-10-20-18(27)15-6-4-14(5-7-15)16-12-21-24-22-16/h4-7,12-13H,2-3,8-11H2,1H3,(H,20,27)(H,21,22,24). The molecule has 8 nitrogen and oxygen atoms in total. The molecule has 8 heteroatoms. The van der Waals surface area contributed by atoms with Crippen LogP contribution in [-0.4, -0.2) is 42.9 Å². The molecule has 1 aliphatic carbocycles. The third-order valence-electron chi connectivity index (χ3n) is 5.35. The molecule has 2 heterocycles. The monoisotopic (exact) mass is 365 g/mol. The maximum atomic E-state index is 12.3. The van der Waals surface area contributed by atoms with Crippen molar-refractivity contribution in [2.45, 2.75) is 44.6 Å². The fraction of sp³-hybridized carbons (Fsp3) is 0.421. The number of aromatic nitrogens is 6. The van der Waals surface area contributed by atoms with Crippen molar-refractivity contribution in [3.63, 3.8) is 0 Å². The van der Waals surface area contributed by atoms with Gasteiger partial charge in [-0.15, -0.1) is 5.10 Å². The van der Waals surface area contributed by atoms with E-state index < -0.39 is 0 Å². The Bertz CT molecular complexity index is 893. The van der Waals surface area contributed by atoms with E-state index in [1.165, 1.54) is 25.7 Å². The van der Waals surface area contributed by atoms with Gasteiger partial charge in [-0.3, -0.25) is 9.48 Å². The molecule has 0 radical (unpaired) electrons. The van der Waals surface area contributed by atoms with E-state index in [0.717, 1.165) is 17.0 Å². The molecular formula is C19H23N7O. The normalized spacial score (nSPS) is 15.7. The number of aromatic amines is 1. The first-order chi connectivity index (χ1) is 13.1. The number of hydrogen-bond acceptors (Lipinski definition) is 5. The third kappa shape index (κ3) is 3.74. The van der Waals surface area contributed by atoms with Crippen LogP contribution in [0.2, 0.25) is 0 Å². The Kier molecular flexibility index (Phi) is 4.70. The van der Waals surface area contributed by atoms with E-state index in [9.17, 15) is 4.79 Å². The van der Waals surface area contributed by atoms with E-state index in [-0.39, 0.29) is 11.3 Å². The van der Waals surface area contributed by atoms with E-state index in [1.54, 1.807) is 18.3 Å². The minimum absolute atomic E-state index is 0.107. The van der Waals surface area contributed by atoms with Crippen LogP contribution in [-0.2, 0) is 12.0 Å². The second kappa shape index (κ2) is 7.30. The minimum atomic E-state index is -0.107. The molecule has 140 valence electrons. The van der Waals surface area contributed by atoms with E-state index >= 15 is 0 Å². The van der Waals surface area contributed by atoms with E-state index in [4.69, 9.17) is 0 Å². The number of hydrogen-bond donors (Lipinski definition) is 2. The Hall–Kier alpha value is -3.03. The number of nitrogens with one attached hydrogen (secondary N) is 2. The zero-order valence-electron chi connectivity index (χ0n) is 15.4. The van der Waals surface area contributed by atoms with Crippen molar-refractivity contribution in [3.8, 4) is 11.3 Å². The molecule has 0 spiro atoms. The first-order valence-electron chi connectivity index (χ1n) is 9.29. The minimum Gasteiger partial charge on any atom is -0.350 e. The highest BCUT2D eigenvalue weighted by molar-refractivity contribution is 5.94. The molecule has 0 atom stereocenters. The van der Waals surface area contributed by atoms with Gasteiger partial charge in [0.1, 0.15) is 5.69 Å². The summed E-state index contributed by atoms with van der Waals surface area (Å²) >= 11 is 0. The van der Waals surface area contributed by atoms with Crippen LogP contribution >= 0.6 is 0 Å². The van der Waals surface area contributed by atoms with Crippen LogP contribution in [0.5, 0.6) is 0 Å². The lowest BCUT2D eigenvalue weighted by molar-refractivity contribution is 0.0952. The maximum absolute atomic E-state index is 12.3. The molecule has 2 N–H and O–H groups in total. The highest BCUT2D eigenvalue weighted by atomic mass is 16.1. The summed E-state index contributed by atoms with van der Waals surface area (Å²) in [6, 6.07) is 7.29. The van der Waals surface area contributed by atoms with Crippen LogP contribution in [0.3, 0.4) is 0 Å². The topological polar surface area (TPSA) is 101 Å². The summed E-state index contributed by atoms with van der Waals surface area (Å²) in [6.07, 6.45) is 8.53. The molecular weight excluding hydrogens is 342 g/mol. The highest BCUT2D eigenvalue weighted by Gasteiger charge is 2.33. The fourth-order valence-corrected chi connectivity index (χ4v) is 3.61. The molecule has 1 saturated carbocycles. The summed E-state index contributed by atoms with van der Waals surface area (Å²) in [5.74, 6) is -0.107. The number of rotatable bonds is 6. The summed E-state index contributed by atoms with van der Waals surface area (Å²) in [4.78, 5) is 12.3. The predicted molar refractivity (Wildman–Crippen MR) is 100.0 cm³/mol. The number of benzene rings is 1. The number of amides is 1. The van der Waals surface area contributed by atoms with Crippen LogP contribution in [0.15, 0.2) is 36.7 Å². The summed E-state index contributed by atoms with van der Waals surface area (Å²) in [7, 11) is 0. The van der Waals surface area contributed by atoms with Crippen LogP contribution in [0.4, 0.5) is 0 Å². The molecule has 0 aliphatic heterocycles. The molecule has 2 aromatic heterocycles. The lowest BCUT2D eigenvalue weighted by Gasteiger charge is -2.19. The van der Waals surface area contributed by atoms with Gasteiger partial charge in [0.25, 0.3) is 5.91 Å². The van der Waals surface area contributed by atoms with Crippen molar-refractivity contribution in [2.75, 3.05) is 6.54 Å². The Morgan fingerprint density at radius 1 is 1.26 bits per heavy atom. The van der Waals surface area contributed by atoms with Gasteiger partial charge in [-0.05, 0) is 25.0 Å². The lowest BCUT2D eigenvalue weighted by atomic mass is 9.86. The average molecular weight is 365 g/mol. The largest absolute Gasteiger partial charge is 0.350 e. The van der Waals surface area contributed by atoms with Gasteiger partial charge in [0.2, 0.25) is 0 Å². The zero-order chi connectivity index (χ0) is 18.7. The van der Waals surface area contributed by atoms with Crippen LogP contribution < -0.4 is 5.32 Å². The van der Waals surface area contributed by atoms with E-state index in [0.29, 0.717) is 18.7 Å². The van der Waals surface area contributed by atoms with Crippen LogP contribution in [0, 0.1) is 0 Å². The molecule has 0 unspecified atom stereocenters. The van der Waals surface area contributed by atoms with Gasteiger partial charge in [0.05, 0.1) is 18.4 Å². The second-order valence-electron chi connectivity index (χ2n) is 7.32. The average Bonchev–Trinajstić information content (AvgIpc) is 3.44. The van der Waals surface area contributed by atoms with Gasteiger partial charge in [-0.25, -0.2) is 0 Å². The number of nitrogens with zero attached hydrogens (tertiary/aromatic N) is 5. The molecule has 1 fully saturated rings. The molecule has 3 aromatic rings. The van der Waals surface area contributed by atoms with Gasteiger partial charge in [-0.1, -0.05) is 37.1 Å². The van der Waals surface area contributed by atoms with Crippen molar-refractivity contribution < 1.29 is 4.79 Å². The summed E-state index contributed by atoms with van der Waals surface area (Å²) in [5, 5.41) is 21.9. The Morgan fingerprint density at radius 3 is 2.74 bits per heavy atom. The molecule has 4 rings (SSSR count). The summed E-state index contributed by atoms with van der Waals surface area (Å²) < 4.78 is 1.81. The van der Waals surface area contributed by atoms with Crippen molar-refractivity contribution in [3.05, 3.63) is 47.9 Å². The Morgan fingerprint density at radius 2 is 2.04 bits per heavy atom. The van der Waals surface area contributed by atoms with Gasteiger partial charge in [0, 0.05) is 29.3 Å². The number of carbonyl (C=O) groups is 1. The predicted octanol–water partition coefficient (Wildman–Crippen LogP) is 2.32. The van der Waals surface area contributed by atoms with Gasteiger partial charge < -0.3 is 5.32 Å². The number of carbonyl (C=O) groups excluding carboxylic acids is 1. The Labute approximate surface area is 157 Å². The van der Waals surface area contributed by atoms with E-state index in [2.05, 4.69) is 38.0 Å². The highest BCUT2D eigenvalue weighted by Crippen LogP contribution is 2.39. The molecule has 1 amide bonds. The fourth-order valence-electron chi connectivity index (χ4n) is 3.61. The first-order valence-corrected chi connectivity index (χ1v) is 9.29. The quantitative estimate of drug-likeness (QED) is 0.698. The number of H-pyrrole nitrogens is 1. The van der Waals surface area contributed by atoms with Crippen molar-refractivity contribution >= 4 is 5.91 Å². The van der Waals surface area contributed by atoms with Gasteiger partial charge >= 0.3 is 0 Å². The lowest BCUT2D eigenvalue weighted by Crippen LogP contribution is -2.27. The molecule has 1 aliphatic rings. The van der Waals surface area contributed by atoms with Crippen molar-refractivity contribution in [1.29, 1.82) is 0 Å². The van der Waals surface area contributed by atoms with Gasteiger partial charge in [0.15, 0.2) is 0 Å². The Balaban J connectivity index is 1.30. The molecule has 0 bridgehead atoms. The third-order valence-corrected chi connectivity index (χ3v) is 5.35. The summed E-state index contributed by atoms with van der Waals surface area (Å²) in [5.41, 5.74) is 3.50.